The van der Waals surface area contributed by atoms with Crippen LogP contribution in [0.4, 0.5) is 0 Å². The molecule has 350 valence electrons. The number of aromatic nitrogens is 4. The van der Waals surface area contributed by atoms with Crippen LogP contribution in [-0.2, 0) is 36.7 Å². The Bertz CT molecular complexity index is 2840. The summed E-state index contributed by atoms with van der Waals surface area (Å²) in [4.78, 5) is 42.7. The van der Waals surface area contributed by atoms with Crippen molar-refractivity contribution in [2.45, 2.75) is 37.4 Å². The number of rotatable bonds is 13. The number of Topliss-reactive ketones (excluding diaryl/α,β-unsaturated/α-hetero) is 2. The molecule has 0 spiro atoms. The van der Waals surface area contributed by atoms with E-state index in [4.69, 9.17) is 4.74 Å². The summed E-state index contributed by atoms with van der Waals surface area (Å²) in [6, 6.07) is 63.3. The molecule has 2 aliphatic rings. The fourth-order valence-electron chi connectivity index (χ4n) is 10.2. The Morgan fingerprint density at radius 1 is 0.557 bits per heavy atom. The summed E-state index contributed by atoms with van der Waals surface area (Å²) >= 11 is 0. The number of H-pyrrole nitrogens is 1. The molecular weight excluding hydrogens is 869 g/mol. The maximum Gasteiger partial charge on any atom is 0.327 e. The minimum Gasteiger partial charge on any atom is -0.465 e. The predicted octanol–water partition coefficient (Wildman–Crippen LogP) is 10.2. The molecule has 0 aliphatic carbocycles. The van der Waals surface area contributed by atoms with E-state index in [2.05, 4.69) is 171 Å². The summed E-state index contributed by atoms with van der Waals surface area (Å²) in [6.07, 6.45) is 11.8. The quantitative estimate of drug-likeness (QED) is 0.0691. The Hall–Kier alpha value is -8.05. The van der Waals surface area contributed by atoms with Gasteiger partial charge >= 0.3 is 5.97 Å². The van der Waals surface area contributed by atoms with Gasteiger partial charge in [-0.25, -0.2) is 0 Å². The second-order valence-corrected chi connectivity index (χ2v) is 17.5. The molecule has 10 heteroatoms. The molecule has 0 bridgehead atoms. The number of ether oxygens (including phenoxy) is 1. The standard InChI is InChI=1S/C32H31N3O3.C28H25N3O/c1-2-38-31(37)24-35-22-25(21-33-35)20-26-23-34(19-18-30(26)36)32(27-12-6-3-7-13-27,28-14-8-4-9-15-28)29-16-10-5-11-17-29;32-27-16-17-31(21-23(27)18-22-19-29-30-20-22)28(24-10-4-1-5-11-24,25-12-6-2-7-13-25)26-14-8-3-9-15-26/h3-17,20-22H,2,18-19,23-24H2,1H3;1-15,18-20H,16-17,21H2,(H,29,30)/b26-20+;23-18+. The van der Waals surface area contributed by atoms with Crippen molar-refractivity contribution in [3.63, 3.8) is 0 Å². The third kappa shape index (κ3) is 9.92. The summed E-state index contributed by atoms with van der Waals surface area (Å²) in [5.41, 5.74) is 9.14. The van der Waals surface area contributed by atoms with Gasteiger partial charge in [-0.15, -0.1) is 0 Å². The first-order valence-corrected chi connectivity index (χ1v) is 23.9. The Kier molecular flexibility index (Phi) is 14.7. The van der Waals surface area contributed by atoms with Crippen molar-refractivity contribution in [2.24, 2.45) is 0 Å². The number of carbonyl (C=O) groups is 3. The molecule has 6 aromatic carbocycles. The fraction of sp³-hybridized carbons (Fsp3) is 0.183. The van der Waals surface area contributed by atoms with Crippen molar-refractivity contribution < 1.29 is 19.1 Å². The largest absolute Gasteiger partial charge is 0.465 e. The molecule has 0 radical (unpaired) electrons. The maximum atomic E-state index is 13.2. The number of hydrogen-bond acceptors (Lipinski definition) is 8. The molecule has 4 heterocycles. The first-order chi connectivity index (χ1) is 34.4. The van der Waals surface area contributed by atoms with Crippen LogP contribution in [0.5, 0.6) is 0 Å². The van der Waals surface area contributed by atoms with Crippen molar-refractivity contribution >= 4 is 29.7 Å². The van der Waals surface area contributed by atoms with Crippen molar-refractivity contribution in [3.05, 3.63) is 262 Å². The summed E-state index contributed by atoms with van der Waals surface area (Å²) in [5.74, 6) is -0.0129. The molecule has 0 unspecified atom stereocenters. The number of likely N-dealkylation sites (tertiary alicyclic amines) is 2. The van der Waals surface area contributed by atoms with Gasteiger partial charge in [0.15, 0.2) is 11.6 Å². The summed E-state index contributed by atoms with van der Waals surface area (Å²) < 4.78 is 6.56. The number of ketones is 2. The highest BCUT2D eigenvalue weighted by Crippen LogP contribution is 2.45. The van der Waals surface area contributed by atoms with Crippen molar-refractivity contribution in [3.8, 4) is 0 Å². The molecule has 2 fully saturated rings. The highest BCUT2D eigenvalue weighted by Gasteiger charge is 2.45. The number of esters is 1. The molecule has 0 atom stereocenters. The van der Waals surface area contributed by atoms with Crippen LogP contribution in [0.3, 0.4) is 0 Å². The van der Waals surface area contributed by atoms with Crippen LogP contribution in [0.1, 0.15) is 64.3 Å². The number of nitrogens with zero attached hydrogens (tertiary/aromatic N) is 5. The van der Waals surface area contributed by atoms with Gasteiger partial charge in [-0.2, -0.15) is 10.2 Å². The Balaban J connectivity index is 0.000000176. The topological polar surface area (TPSA) is 113 Å². The van der Waals surface area contributed by atoms with Gasteiger partial charge in [0.2, 0.25) is 0 Å². The second-order valence-electron chi connectivity index (χ2n) is 17.5. The molecule has 2 saturated heterocycles. The van der Waals surface area contributed by atoms with Gasteiger partial charge in [0.25, 0.3) is 0 Å². The molecular formula is C60H56N6O4. The van der Waals surface area contributed by atoms with Crippen LogP contribution in [0.25, 0.3) is 12.2 Å². The minimum atomic E-state index is -0.586. The number of benzene rings is 6. The molecule has 10 rings (SSSR count). The van der Waals surface area contributed by atoms with Gasteiger partial charge < -0.3 is 4.74 Å². The van der Waals surface area contributed by atoms with E-state index in [-0.39, 0.29) is 24.1 Å². The zero-order valence-corrected chi connectivity index (χ0v) is 39.3. The molecule has 10 nitrogen and oxygen atoms in total. The van der Waals surface area contributed by atoms with Crippen LogP contribution < -0.4 is 0 Å². The molecule has 2 aromatic heterocycles. The lowest BCUT2D eigenvalue weighted by atomic mass is 9.74. The zero-order valence-electron chi connectivity index (χ0n) is 39.3. The van der Waals surface area contributed by atoms with E-state index >= 15 is 0 Å². The second kappa shape index (κ2) is 21.9. The minimum absolute atomic E-state index is 0.0379. The van der Waals surface area contributed by atoms with E-state index in [1.165, 1.54) is 21.4 Å². The summed E-state index contributed by atoms with van der Waals surface area (Å²) in [7, 11) is 0. The van der Waals surface area contributed by atoms with Gasteiger partial charge in [-0.05, 0) is 52.5 Å². The Morgan fingerprint density at radius 2 is 0.929 bits per heavy atom. The fourth-order valence-corrected chi connectivity index (χ4v) is 10.2. The highest BCUT2D eigenvalue weighted by atomic mass is 16.5. The molecule has 1 N–H and O–H groups in total. The lowest BCUT2D eigenvalue weighted by Crippen LogP contribution is -2.52. The van der Waals surface area contributed by atoms with Crippen LogP contribution in [0.2, 0.25) is 0 Å². The normalized spacial score (nSPS) is 15.9. The Labute approximate surface area is 409 Å². The molecule has 70 heavy (non-hydrogen) atoms. The van der Waals surface area contributed by atoms with Gasteiger partial charge in [0, 0.05) is 73.7 Å². The van der Waals surface area contributed by atoms with Crippen molar-refractivity contribution in [1.82, 2.24) is 29.8 Å². The van der Waals surface area contributed by atoms with E-state index in [9.17, 15) is 14.4 Å². The van der Waals surface area contributed by atoms with Crippen molar-refractivity contribution in [2.75, 3.05) is 32.8 Å². The van der Waals surface area contributed by atoms with Gasteiger partial charge in [0.05, 0.1) is 30.1 Å². The zero-order chi connectivity index (χ0) is 48.2. The van der Waals surface area contributed by atoms with E-state index < -0.39 is 11.1 Å². The van der Waals surface area contributed by atoms with Gasteiger partial charge in [-0.1, -0.05) is 182 Å². The highest BCUT2D eigenvalue weighted by molar-refractivity contribution is 6.01. The van der Waals surface area contributed by atoms with Crippen LogP contribution in [-0.4, -0.2) is 80.1 Å². The SMILES string of the molecule is CCOC(=O)Cn1cc(/C=C2\CN(C(c3ccccc3)(c3ccccc3)c3ccccc3)CCC2=O)cn1.O=C1CCN(C(c2ccccc2)(c2ccccc2)c2ccccc2)C/C1=C\c1cn[nH]c1. The predicted molar refractivity (Wildman–Crippen MR) is 274 cm³/mol. The van der Waals surface area contributed by atoms with Crippen molar-refractivity contribution in [1.29, 1.82) is 0 Å². The number of piperidine rings is 2. The Morgan fingerprint density at radius 3 is 1.27 bits per heavy atom. The van der Waals surface area contributed by atoms with Gasteiger partial charge in [0.1, 0.15) is 6.54 Å². The third-order valence-electron chi connectivity index (χ3n) is 13.2. The average Bonchev–Trinajstić information content (AvgIpc) is 4.10. The van der Waals surface area contributed by atoms with Crippen LogP contribution >= 0.6 is 0 Å². The molecule has 8 aromatic rings. The summed E-state index contributed by atoms with van der Waals surface area (Å²) in [6.45, 7) is 4.47. The lowest BCUT2D eigenvalue weighted by molar-refractivity contribution is -0.144. The summed E-state index contributed by atoms with van der Waals surface area (Å²) in [5, 5.41) is 11.1. The lowest BCUT2D eigenvalue weighted by Gasteiger charge is -2.47. The first kappa shape index (κ1) is 47.0. The molecule has 2 aliphatic heterocycles. The molecule has 0 amide bonds. The van der Waals surface area contributed by atoms with Crippen LogP contribution in [0, 0.1) is 0 Å². The maximum absolute atomic E-state index is 13.2. The monoisotopic (exact) mass is 924 g/mol. The average molecular weight is 925 g/mol. The smallest absolute Gasteiger partial charge is 0.327 e. The van der Waals surface area contributed by atoms with Crippen LogP contribution in [0.15, 0.2) is 218 Å². The molecule has 0 saturated carbocycles. The van der Waals surface area contributed by atoms with E-state index in [0.29, 0.717) is 45.6 Å². The number of nitrogens with one attached hydrogen (secondary N) is 1. The first-order valence-electron chi connectivity index (χ1n) is 23.9. The van der Waals surface area contributed by atoms with Gasteiger partial charge in [-0.3, -0.25) is 34.0 Å². The number of carbonyl (C=O) groups excluding carboxylic acids is 3. The van der Waals surface area contributed by atoms with E-state index in [1.54, 1.807) is 25.5 Å². The van der Waals surface area contributed by atoms with E-state index in [0.717, 1.165) is 39.0 Å². The number of aromatic amines is 1. The number of hydrogen-bond donors (Lipinski definition) is 1. The van der Waals surface area contributed by atoms with E-state index in [1.807, 2.05) is 54.7 Å². The third-order valence-corrected chi connectivity index (χ3v) is 13.2.